The summed E-state index contributed by atoms with van der Waals surface area (Å²) in [6, 6.07) is 16.5. The van der Waals surface area contributed by atoms with Gasteiger partial charge in [-0.25, -0.2) is 9.29 Å². The van der Waals surface area contributed by atoms with Crippen LogP contribution in [-0.4, -0.2) is 38.5 Å². The molecule has 6 atom stereocenters. The smallest absolute Gasteiger partial charge is 0.258 e. The number of fused-ring (bicyclic) bond motifs is 4. The molecule has 7 rings (SSSR count). The zero-order chi connectivity index (χ0) is 31.3. The standard InChI is InChI=1S/C33H24BrCl2FN2O5/c1-16-14-17(2-13-25(16)40)27-22-11-12-23-26(29(42)38(28(23)41)20-7-3-18(34)4-8-20)24(22)15-32(35)30(43)39(31(44)33(27,32)36)21-9-5-19(37)6-10-21/h2-11,13-14,23-24,26-27,40H,12,15H2,1H3/t23-,24+,26-,27-,32+,33-/m0/s1. The van der Waals surface area contributed by atoms with Crippen molar-refractivity contribution >= 4 is 74.1 Å². The number of hydrogen-bond donors (Lipinski definition) is 1. The van der Waals surface area contributed by atoms with E-state index in [1.807, 2.05) is 6.08 Å². The summed E-state index contributed by atoms with van der Waals surface area (Å²) >= 11 is 18.1. The van der Waals surface area contributed by atoms with Gasteiger partial charge in [0.25, 0.3) is 11.8 Å². The van der Waals surface area contributed by atoms with Crippen molar-refractivity contribution in [3.63, 3.8) is 0 Å². The second kappa shape index (κ2) is 9.99. The molecule has 4 aliphatic rings. The highest BCUT2D eigenvalue weighted by Crippen LogP contribution is 2.66. The van der Waals surface area contributed by atoms with Crippen LogP contribution in [0.25, 0.3) is 0 Å². The lowest BCUT2D eigenvalue weighted by molar-refractivity contribution is -0.125. The number of carbonyl (C=O) groups is 4. The molecule has 44 heavy (non-hydrogen) atoms. The molecule has 2 aliphatic carbocycles. The number of imide groups is 2. The van der Waals surface area contributed by atoms with Crippen LogP contribution in [0.15, 0.2) is 82.9 Å². The summed E-state index contributed by atoms with van der Waals surface area (Å²) in [4.78, 5) is 54.5. The lowest BCUT2D eigenvalue weighted by atomic mass is 9.56. The first kappa shape index (κ1) is 29.2. The number of allylic oxidation sites excluding steroid dienone is 2. The maximum Gasteiger partial charge on any atom is 0.258 e. The molecule has 0 bridgehead atoms. The van der Waals surface area contributed by atoms with Gasteiger partial charge in [-0.3, -0.25) is 24.1 Å². The Morgan fingerprint density at radius 3 is 2.16 bits per heavy atom. The lowest BCUT2D eigenvalue weighted by Gasteiger charge is -2.50. The number of alkyl halides is 2. The predicted molar refractivity (Wildman–Crippen MR) is 166 cm³/mol. The van der Waals surface area contributed by atoms with Gasteiger partial charge < -0.3 is 5.11 Å². The monoisotopic (exact) mass is 696 g/mol. The minimum absolute atomic E-state index is 0.0306. The van der Waals surface area contributed by atoms with E-state index < -0.39 is 57.0 Å². The molecule has 1 saturated carbocycles. The van der Waals surface area contributed by atoms with Crippen molar-refractivity contribution in [2.24, 2.45) is 17.8 Å². The van der Waals surface area contributed by atoms with Crippen molar-refractivity contribution in [2.45, 2.75) is 35.4 Å². The maximum absolute atomic E-state index is 14.4. The summed E-state index contributed by atoms with van der Waals surface area (Å²) in [5.41, 5.74) is 2.23. The molecule has 0 aromatic heterocycles. The second-order valence-electron chi connectivity index (χ2n) is 11.8. The molecular weight excluding hydrogens is 674 g/mol. The van der Waals surface area contributed by atoms with E-state index in [9.17, 15) is 28.7 Å². The molecule has 2 heterocycles. The van der Waals surface area contributed by atoms with Gasteiger partial charge in [0.1, 0.15) is 11.6 Å². The molecule has 1 N–H and O–H groups in total. The molecule has 4 amide bonds. The summed E-state index contributed by atoms with van der Waals surface area (Å²) in [6.07, 6.45) is 1.91. The molecular formula is C33H24BrCl2FN2O5. The maximum atomic E-state index is 14.4. The SMILES string of the molecule is Cc1cc([C@H]2C3=CC[C@@H]4C(=O)N(c5ccc(Br)cc5)C(=O)[C@@H]4[C@@H]3C[C@@]3(Cl)C(=O)N(c4ccc(F)cc4)C(=O)[C@@]23Cl)ccc1O. The average Bonchev–Trinajstić information content (AvgIpc) is 3.33. The van der Waals surface area contributed by atoms with E-state index in [1.54, 1.807) is 43.3 Å². The number of benzene rings is 3. The highest BCUT2D eigenvalue weighted by molar-refractivity contribution is 9.10. The Labute approximate surface area is 270 Å². The van der Waals surface area contributed by atoms with E-state index in [4.69, 9.17) is 23.2 Å². The number of phenols is 1. The van der Waals surface area contributed by atoms with Crippen LogP contribution in [0.5, 0.6) is 5.75 Å². The number of anilines is 2. The minimum atomic E-state index is -2.03. The van der Waals surface area contributed by atoms with Crippen LogP contribution in [0.2, 0.25) is 0 Å². The van der Waals surface area contributed by atoms with Crippen LogP contribution in [0, 0.1) is 30.5 Å². The molecule has 11 heteroatoms. The van der Waals surface area contributed by atoms with Crippen molar-refractivity contribution in [3.8, 4) is 5.75 Å². The number of hydrogen-bond acceptors (Lipinski definition) is 5. The first-order chi connectivity index (χ1) is 20.9. The Morgan fingerprint density at radius 1 is 0.864 bits per heavy atom. The van der Waals surface area contributed by atoms with Crippen LogP contribution >= 0.6 is 39.1 Å². The van der Waals surface area contributed by atoms with E-state index in [0.717, 1.165) is 21.5 Å². The zero-order valence-corrected chi connectivity index (χ0v) is 26.2. The van der Waals surface area contributed by atoms with Gasteiger partial charge in [-0.1, -0.05) is 39.7 Å². The summed E-state index contributed by atoms with van der Waals surface area (Å²) in [5.74, 6) is -6.03. The van der Waals surface area contributed by atoms with Crippen LogP contribution in [0.3, 0.4) is 0 Å². The average molecular weight is 698 g/mol. The fourth-order valence-corrected chi connectivity index (χ4v) is 8.67. The lowest BCUT2D eigenvalue weighted by Crippen LogP contribution is -2.60. The van der Waals surface area contributed by atoms with Crippen LogP contribution in [0.4, 0.5) is 15.8 Å². The Hall–Kier alpha value is -3.53. The Morgan fingerprint density at radius 2 is 1.50 bits per heavy atom. The predicted octanol–water partition coefficient (Wildman–Crippen LogP) is 6.37. The van der Waals surface area contributed by atoms with E-state index in [1.165, 1.54) is 23.1 Å². The Kier molecular flexibility index (Phi) is 6.63. The molecule has 3 aromatic rings. The number of amides is 4. The summed E-state index contributed by atoms with van der Waals surface area (Å²) < 4.78 is 14.6. The quantitative estimate of drug-likeness (QED) is 0.195. The van der Waals surface area contributed by atoms with Crippen LogP contribution in [0.1, 0.15) is 29.9 Å². The third-order valence-electron chi connectivity index (χ3n) is 9.53. The Balaban J connectivity index is 1.40. The third-order valence-corrected chi connectivity index (χ3v) is 11.5. The number of phenolic OH excluding ortho intramolecular Hbond substituents is 1. The van der Waals surface area contributed by atoms with Gasteiger partial charge >= 0.3 is 0 Å². The fraction of sp³-hybridized carbons (Fsp3) is 0.273. The number of halogens is 4. The Bertz CT molecular complexity index is 1820. The molecule has 224 valence electrons. The van der Waals surface area contributed by atoms with Crippen molar-refractivity contribution in [2.75, 3.05) is 9.80 Å². The van der Waals surface area contributed by atoms with Crippen LogP contribution < -0.4 is 9.80 Å². The van der Waals surface area contributed by atoms with Crippen molar-refractivity contribution in [1.82, 2.24) is 0 Å². The highest BCUT2D eigenvalue weighted by Gasteiger charge is 2.76. The molecule has 0 radical (unpaired) electrons. The number of nitrogens with zero attached hydrogens (tertiary/aromatic N) is 2. The highest BCUT2D eigenvalue weighted by atomic mass is 79.9. The van der Waals surface area contributed by atoms with E-state index in [0.29, 0.717) is 22.4 Å². The normalized spacial score (nSPS) is 31.2. The number of rotatable bonds is 3. The number of aryl methyl sites for hydroxylation is 1. The number of carbonyl (C=O) groups excluding carboxylic acids is 4. The summed E-state index contributed by atoms with van der Waals surface area (Å²) in [6.45, 7) is 1.70. The van der Waals surface area contributed by atoms with E-state index >= 15 is 0 Å². The molecule has 7 nitrogen and oxygen atoms in total. The third kappa shape index (κ3) is 3.85. The van der Waals surface area contributed by atoms with Gasteiger partial charge in [0, 0.05) is 10.4 Å². The van der Waals surface area contributed by atoms with Crippen LogP contribution in [-0.2, 0) is 19.2 Å². The fourth-order valence-electron chi connectivity index (χ4n) is 7.48. The van der Waals surface area contributed by atoms with Gasteiger partial charge in [-0.15, -0.1) is 23.2 Å². The molecule has 3 fully saturated rings. The number of aromatic hydroxyl groups is 1. The summed E-state index contributed by atoms with van der Waals surface area (Å²) in [7, 11) is 0. The van der Waals surface area contributed by atoms with Gasteiger partial charge in [0.15, 0.2) is 9.75 Å². The van der Waals surface area contributed by atoms with Gasteiger partial charge in [0.2, 0.25) is 11.8 Å². The van der Waals surface area contributed by atoms with Crippen molar-refractivity contribution in [3.05, 3.63) is 99.8 Å². The molecule has 0 unspecified atom stereocenters. The van der Waals surface area contributed by atoms with Gasteiger partial charge in [-0.2, -0.15) is 0 Å². The zero-order valence-electron chi connectivity index (χ0n) is 23.1. The van der Waals surface area contributed by atoms with Gasteiger partial charge in [-0.05, 0) is 91.4 Å². The molecule has 2 saturated heterocycles. The topological polar surface area (TPSA) is 95.0 Å². The van der Waals surface area contributed by atoms with E-state index in [2.05, 4.69) is 15.9 Å². The van der Waals surface area contributed by atoms with Gasteiger partial charge in [0.05, 0.1) is 23.2 Å². The van der Waals surface area contributed by atoms with Crippen molar-refractivity contribution in [1.29, 1.82) is 0 Å². The minimum Gasteiger partial charge on any atom is -0.508 e. The molecule has 0 spiro atoms. The first-order valence-electron chi connectivity index (χ1n) is 14.0. The largest absolute Gasteiger partial charge is 0.508 e. The molecule has 2 aliphatic heterocycles. The second-order valence-corrected chi connectivity index (χ2v) is 13.9. The molecule has 3 aromatic carbocycles. The van der Waals surface area contributed by atoms with E-state index in [-0.39, 0.29) is 30.2 Å². The van der Waals surface area contributed by atoms with Crippen molar-refractivity contribution < 1.29 is 28.7 Å². The summed E-state index contributed by atoms with van der Waals surface area (Å²) in [5, 5.41) is 10.3. The first-order valence-corrected chi connectivity index (χ1v) is 15.6.